The number of ether oxygens (including phenoxy) is 1. The highest BCUT2D eigenvalue weighted by molar-refractivity contribution is 5.74. The van der Waals surface area contributed by atoms with E-state index in [1.807, 2.05) is 26.8 Å². The number of methoxy groups -OCH3 is 1. The third-order valence-corrected chi connectivity index (χ3v) is 5.49. The quantitative estimate of drug-likeness (QED) is 0.632. The molecule has 1 saturated carbocycles. The van der Waals surface area contributed by atoms with Gasteiger partial charge >= 0.3 is 0 Å². The second-order valence-electron chi connectivity index (χ2n) is 8.35. The highest BCUT2D eigenvalue weighted by Gasteiger charge is 2.24. The van der Waals surface area contributed by atoms with Gasteiger partial charge in [-0.25, -0.2) is 4.39 Å². The van der Waals surface area contributed by atoms with Crippen LogP contribution < -0.4 is 4.74 Å². The van der Waals surface area contributed by atoms with E-state index in [0.717, 1.165) is 23.2 Å². The Morgan fingerprint density at radius 3 is 2.38 bits per heavy atom. The smallest absolute Gasteiger partial charge is 0.130 e. The zero-order valence-electron chi connectivity index (χ0n) is 16.7. The van der Waals surface area contributed by atoms with Gasteiger partial charge < -0.3 is 4.74 Å². The van der Waals surface area contributed by atoms with Gasteiger partial charge in [-0.3, -0.25) is 4.98 Å². The minimum absolute atomic E-state index is 0.216. The fourth-order valence-electron chi connectivity index (χ4n) is 3.99. The van der Waals surface area contributed by atoms with Crippen LogP contribution >= 0.6 is 0 Å². The molecule has 1 aliphatic rings. The molecule has 2 aromatic rings. The third kappa shape index (κ3) is 3.62. The second kappa shape index (κ2) is 7.38. The summed E-state index contributed by atoms with van der Waals surface area (Å²) in [7, 11) is 1.60. The summed E-state index contributed by atoms with van der Waals surface area (Å²) < 4.78 is 20.1. The molecule has 1 heterocycles. The van der Waals surface area contributed by atoms with Crippen molar-refractivity contribution < 1.29 is 9.13 Å². The SMILES string of the molecule is CCc1nc(C2CCCC2)ccc1-c1cc(C(C)(C)C)c(F)cc1OC. The normalized spacial score (nSPS) is 15.5. The Kier molecular flexibility index (Phi) is 5.36. The van der Waals surface area contributed by atoms with Gasteiger partial charge in [0.15, 0.2) is 0 Å². The van der Waals surface area contributed by atoms with Gasteiger partial charge in [0, 0.05) is 34.5 Å². The summed E-state index contributed by atoms with van der Waals surface area (Å²) in [4.78, 5) is 4.99. The lowest BCUT2D eigenvalue weighted by atomic mass is 9.84. The van der Waals surface area contributed by atoms with Crippen LogP contribution in [0.25, 0.3) is 11.1 Å². The molecule has 3 heteroatoms. The van der Waals surface area contributed by atoms with Crippen LogP contribution in [0.3, 0.4) is 0 Å². The predicted molar refractivity (Wildman–Crippen MR) is 105 cm³/mol. The lowest BCUT2D eigenvalue weighted by molar-refractivity contribution is 0.410. The maximum atomic E-state index is 14.6. The first-order valence-corrected chi connectivity index (χ1v) is 9.73. The Balaban J connectivity index is 2.12. The number of rotatable bonds is 4. The molecule has 0 N–H and O–H groups in total. The van der Waals surface area contributed by atoms with E-state index >= 15 is 0 Å². The maximum Gasteiger partial charge on any atom is 0.130 e. The average Bonchev–Trinajstić information content (AvgIpc) is 3.14. The van der Waals surface area contributed by atoms with Crippen molar-refractivity contribution in [1.82, 2.24) is 4.98 Å². The largest absolute Gasteiger partial charge is 0.496 e. The molecule has 0 radical (unpaired) electrons. The first-order chi connectivity index (χ1) is 12.3. The number of nitrogens with zero attached hydrogens (tertiary/aromatic N) is 1. The Morgan fingerprint density at radius 1 is 1.12 bits per heavy atom. The van der Waals surface area contributed by atoms with Crippen LogP contribution in [-0.2, 0) is 11.8 Å². The van der Waals surface area contributed by atoms with Gasteiger partial charge in [-0.15, -0.1) is 0 Å². The molecule has 26 heavy (non-hydrogen) atoms. The highest BCUT2D eigenvalue weighted by atomic mass is 19.1. The molecular formula is C23H30FNO. The molecule has 0 spiro atoms. The zero-order chi connectivity index (χ0) is 18.9. The van der Waals surface area contributed by atoms with Crippen LogP contribution in [0, 0.1) is 5.82 Å². The Bertz CT molecular complexity index is 786. The van der Waals surface area contributed by atoms with Crippen LogP contribution in [0.5, 0.6) is 5.75 Å². The van der Waals surface area contributed by atoms with Crippen LogP contribution in [0.2, 0.25) is 0 Å². The van der Waals surface area contributed by atoms with Gasteiger partial charge in [0.25, 0.3) is 0 Å². The van der Waals surface area contributed by atoms with Crippen LogP contribution in [0.15, 0.2) is 24.3 Å². The van der Waals surface area contributed by atoms with Crippen molar-refractivity contribution in [2.24, 2.45) is 0 Å². The maximum absolute atomic E-state index is 14.6. The average molecular weight is 355 g/mol. The molecule has 1 aliphatic carbocycles. The molecular weight excluding hydrogens is 325 g/mol. The highest BCUT2D eigenvalue weighted by Crippen LogP contribution is 2.39. The van der Waals surface area contributed by atoms with Gasteiger partial charge in [-0.1, -0.05) is 46.6 Å². The molecule has 1 fully saturated rings. The minimum atomic E-state index is -0.269. The number of hydrogen-bond acceptors (Lipinski definition) is 2. The van der Waals surface area contributed by atoms with E-state index in [-0.39, 0.29) is 11.2 Å². The number of hydrogen-bond donors (Lipinski definition) is 0. The molecule has 0 amide bonds. The summed E-state index contributed by atoms with van der Waals surface area (Å²) in [5.74, 6) is 0.946. The molecule has 2 nitrogen and oxygen atoms in total. The molecule has 0 unspecified atom stereocenters. The topological polar surface area (TPSA) is 22.1 Å². The number of aromatic nitrogens is 1. The zero-order valence-corrected chi connectivity index (χ0v) is 16.7. The predicted octanol–water partition coefficient (Wildman–Crippen LogP) is 6.41. The third-order valence-electron chi connectivity index (χ3n) is 5.49. The Labute approximate surface area is 156 Å². The molecule has 1 aromatic heterocycles. The first-order valence-electron chi connectivity index (χ1n) is 9.73. The van der Waals surface area contributed by atoms with Gasteiger partial charge in [0.05, 0.1) is 7.11 Å². The summed E-state index contributed by atoms with van der Waals surface area (Å²) in [6.07, 6.45) is 5.93. The summed E-state index contributed by atoms with van der Waals surface area (Å²) in [5, 5.41) is 0. The molecule has 0 aliphatic heterocycles. The Morgan fingerprint density at radius 2 is 1.81 bits per heavy atom. The van der Waals surface area contributed by atoms with Crippen molar-refractivity contribution in [2.75, 3.05) is 7.11 Å². The van der Waals surface area contributed by atoms with E-state index in [9.17, 15) is 4.39 Å². The van der Waals surface area contributed by atoms with E-state index < -0.39 is 0 Å². The van der Waals surface area contributed by atoms with E-state index in [1.165, 1.54) is 37.4 Å². The fourth-order valence-corrected chi connectivity index (χ4v) is 3.99. The summed E-state index contributed by atoms with van der Waals surface area (Å²) in [5.41, 5.74) is 4.70. The van der Waals surface area contributed by atoms with E-state index in [2.05, 4.69) is 19.1 Å². The standard InChI is InChI=1S/C23H30FNO/c1-6-20-16(11-12-21(25-20)15-9-7-8-10-15)17-13-18(23(2,3)4)19(24)14-22(17)26-5/h11-15H,6-10H2,1-5H3. The molecule has 0 atom stereocenters. The van der Waals surface area contributed by atoms with E-state index in [0.29, 0.717) is 17.2 Å². The molecule has 140 valence electrons. The monoisotopic (exact) mass is 355 g/mol. The molecule has 1 aromatic carbocycles. The number of benzene rings is 1. The van der Waals surface area contributed by atoms with Crippen LogP contribution in [0.1, 0.15) is 76.2 Å². The summed E-state index contributed by atoms with van der Waals surface area (Å²) in [6, 6.07) is 7.77. The van der Waals surface area contributed by atoms with Crippen LogP contribution in [0.4, 0.5) is 4.39 Å². The van der Waals surface area contributed by atoms with Gasteiger partial charge in [0.2, 0.25) is 0 Å². The fraction of sp³-hybridized carbons (Fsp3) is 0.522. The second-order valence-corrected chi connectivity index (χ2v) is 8.35. The van der Waals surface area contributed by atoms with Crippen LogP contribution in [-0.4, -0.2) is 12.1 Å². The van der Waals surface area contributed by atoms with E-state index in [4.69, 9.17) is 9.72 Å². The number of halogens is 1. The number of pyridine rings is 1. The van der Waals surface area contributed by atoms with E-state index in [1.54, 1.807) is 7.11 Å². The lowest BCUT2D eigenvalue weighted by Crippen LogP contribution is -2.14. The Hall–Kier alpha value is -1.90. The van der Waals surface area contributed by atoms with Gasteiger partial charge in [-0.2, -0.15) is 0 Å². The molecule has 0 saturated heterocycles. The van der Waals surface area contributed by atoms with Crippen molar-refractivity contribution >= 4 is 0 Å². The number of aryl methyl sites for hydroxylation is 1. The molecule has 3 rings (SSSR count). The van der Waals surface area contributed by atoms with Crippen molar-refractivity contribution in [3.8, 4) is 16.9 Å². The molecule has 0 bridgehead atoms. The first kappa shape index (κ1) is 18.9. The summed E-state index contributed by atoms with van der Waals surface area (Å²) in [6.45, 7) is 8.22. The van der Waals surface area contributed by atoms with Crippen molar-refractivity contribution in [2.45, 2.75) is 71.1 Å². The summed E-state index contributed by atoms with van der Waals surface area (Å²) >= 11 is 0. The minimum Gasteiger partial charge on any atom is -0.496 e. The van der Waals surface area contributed by atoms with Crippen molar-refractivity contribution in [1.29, 1.82) is 0 Å². The van der Waals surface area contributed by atoms with Gasteiger partial charge in [-0.05, 0) is 42.4 Å². The van der Waals surface area contributed by atoms with Crippen molar-refractivity contribution in [3.05, 3.63) is 47.0 Å². The lowest BCUT2D eigenvalue weighted by Gasteiger charge is -2.23. The van der Waals surface area contributed by atoms with Crippen molar-refractivity contribution in [3.63, 3.8) is 0 Å². The van der Waals surface area contributed by atoms with Gasteiger partial charge in [0.1, 0.15) is 11.6 Å².